The highest BCUT2D eigenvalue weighted by molar-refractivity contribution is 6.58. The molecule has 0 spiro atoms. The van der Waals surface area contributed by atoms with Crippen molar-refractivity contribution in [1.29, 1.82) is 0 Å². The van der Waals surface area contributed by atoms with Crippen molar-refractivity contribution in [2.24, 2.45) is 0 Å². The molecule has 0 aliphatic heterocycles. The fourth-order valence-electron chi connectivity index (χ4n) is 1.67. The summed E-state index contributed by atoms with van der Waals surface area (Å²) in [7, 11) is -1.52. The SMILES string of the molecule is OB(O)c1cccc(OCCOc2cccc(Cl)c2Cl)c1. The third-order valence-electron chi connectivity index (χ3n) is 2.68. The molecule has 0 bridgehead atoms. The molecule has 110 valence electrons. The largest absolute Gasteiger partial charge is 0.490 e. The average Bonchev–Trinajstić information content (AvgIpc) is 2.48. The van der Waals surface area contributed by atoms with E-state index in [1.54, 1.807) is 42.5 Å². The molecule has 0 amide bonds. The second-order valence-electron chi connectivity index (χ2n) is 4.20. The van der Waals surface area contributed by atoms with Crippen molar-refractivity contribution < 1.29 is 19.5 Å². The molecule has 0 aliphatic rings. The maximum absolute atomic E-state index is 9.07. The number of hydrogen-bond donors (Lipinski definition) is 2. The van der Waals surface area contributed by atoms with Gasteiger partial charge in [0.05, 0.1) is 5.02 Å². The van der Waals surface area contributed by atoms with E-state index in [1.165, 1.54) is 0 Å². The molecule has 0 aliphatic carbocycles. The zero-order chi connectivity index (χ0) is 15.2. The Kier molecular flexibility index (Phi) is 5.76. The van der Waals surface area contributed by atoms with Crippen molar-refractivity contribution in [3.05, 3.63) is 52.5 Å². The normalized spacial score (nSPS) is 10.3. The second-order valence-corrected chi connectivity index (χ2v) is 4.98. The zero-order valence-electron chi connectivity index (χ0n) is 11.0. The number of benzene rings is 2. The molecule has 0 radical (unpaired) electrons. The Morgan fingerprint density at radius 3 is 2.43 bits per heavy atom. The van der Waals surface area contributed by atoms with Crippen LogP contribution >= 0.6 is 23.2 Å². The summed E-state index contributed by atoms with van der Waals surface area (Å²) in [5.41, 5.74) is 0.367. The van der Waals surface area contributed by atoms with Gasteiger partial charge in [0.25, 0.3) is 0 Å². The van der Waals surface area contributed by atoms with E-state index in [1.807, 2.05) is 0 Å². The molecule has 4 nitrogen and oxygen atoms in total. The van der Waals surface area contributed by atoms with Crippen molar-refractivity contribution in [1.82, 2.24) is 0 Å². The summed E-state index contributed by atoms with van der Waals surface area (Å²) in [5, 5.41) is 18.9. The molecule has 0 heterocycles. The first-order valence-corrected chi connectivity index (χ1v) is 6.99. The van der Waals surface area contributed by atoms with Crippen LogP contribution in [-0.2, 0) is 0 Å². The van der Waals surface area contributed by atoms with Crippen LogP contribution in [0, 0.1) is 0 Å². The first kappa shape index (κ1) is 16.0. The maximum Gasteiger partial charge on any atom is 0.488 e. The summed E-state index contributed by atoms with van der Waals surface area (Å²) in [6, 6.07) is 11.7. The lowest BCUT2D eigenvalue weighted by atomic mass is 9.80. The van der Waals surface area contributed by atoms with Gasteiger partial charge in [0.15, 0.2) is 0 Å². The first-order chi connectivity index (χ1) is 10.1. The minimum atomic E-state index is -1.52. The van der Waals surface area contributed by atoms with Gasteiger partial charge in [-0.05, 0) is 29.7 Å². The van der Waals surface area contributed by atoms with Gasteiger partial charge >= 0.3 is 7.12 Å². The minimum absolute atomic E-state index is 0.284. The monoisotopic (exact) mass is 326 g/mol. The number of ether oxygens (including phenoxy) is 2. The third kappa shape index (κ3) is 4.54. The Hall–Kier alpha value is -1.40. The van der Waals surface area contributed by atoms with Crippen LogP contribution in [0.3, 0.4) is 0 Å². The standard InChI is InChI=1S/C14H13BCl2O4/c16-12-5-2-6-13(14(12)17)21-8-7-20-11-4-1-3-10(9-11)15(18)19/h1-6,9,18-19H,7-8H2. The van der Waals surface area contributed by atoms with Gasteiger partial charge in [0.1, 0.15) is 29.7 Å². The summed E-state index contributed by atoms with van der Waals surface area (Å²) in [6.07, 6.45) is 0. The minimum Gasteiger partial charge on any atom is -0.490 e. The van der Waals surface area contributed by atoms with Crippen molar-refractivity contribution in [2.75, 3.05) is 13.2 Å². The van der Waals surface area contributed by atoms with Crippen molar-refractivity contribution in [3.8, 4) is 11.5 Å². The van der Waals surface area contributed by atoms with Crippen LogP contribution in [-0.4, -0.2) is 30.4 Å². The fraction of sp³-hybridized carbons (Fsp3) is 0.143. The molecule has 2 N–H and O–H groups in total. The van der Waals surface area contributed by atoms with Gasteiger partial charge < -0.3 is 19.5 Å². The zero-order valence-corrected chi connectivity index (χ0v) is 12.5. The van der Waals surface area contributed by atoms with Crippen LogP contribution in [0.1, 0.15) is 0 Å². The average molecular weight is 327 g/mol. The molecule has 2 aromatic carbocycles. The van der Waals surface area contributed by atoms with Crippen molar-refractivity contribution >= 4 is 35.8 Å². The molecule has 2 aromatic rings. The summed E-state index contributed by atoms with van der Waals surface area (Å²) in [6.45, 7) is 0.569. The van der Waals surface area contributed by atoms with E-state index >= 15 is 0 Å². The quantitative estimate of drug-likeness (QED) is 0.630. The Balaban J connectivity index is 1.85. The number of halogens is 2. The molecule has 0 fully saturated rings. The topological polar surface area (TPSA) is 58.9 Å². The summed E-state index contributed by atoms with van der Waals surface area (Å²) >= 11 is 11.9. The molecule has 0 saturated heterocycles. The van der Waals surface area contributed by atoms with Gasteiger partial charge in [-0.15, -0.1) is 0 Å². The number of rotatable bonds is 6. The van der Waals surface area contributed by atoms with E-state index in [-0.39, 0.29) is 13.2 Å². The lowest BCUT2D eigenvalue weighted by molar-refractivity contribution is 0.217. The molecule has 0 aromatic heterocycles. The number of hydrogen-bond acceptors (Lipinski definition) is 4. The van der Waals surface area contributed by atoms with E-state index in [2.05, 4.69) is 0 Å². The van der Waals surface area contributed by atoms with Gasteiger partial charge in [-0.2, -0.15) is 0 Å². The molecule has 0 unspecified atom stereocenters. The highest BCUT2D eigenvalue weighted by Gasteiger charge is 2.11. The Morgan fingerprint density at radius 2 is 1.67 bits per heavy atom. The van der Waals surface area contributed by atoms with Crippen molar-refractivity contribution in [3.63, 3.8) is 0 Å². The van der Waals surface area contributed by atoms with Gasteiger partial charge in [-0.3, -0.25) is 0 Å². The molecule has 0 atom stereocenters. The van der Waals surface area contributed by atoms with Gasteiger partial charge in [0.2, 0.25) is 0 Å². The predicted molar refractivity (Wildman–Crippen MR) is 83.7 cm³/mol. The molecule has 2 rings (SSSR count). The first-order valence-electron chi connectivity index (χ1n) is 6.23. The van der Waals surface area contributed by atoms with Crippen LogP contribution in [0.25, 0.3) is 0 Å². The highest BCUT2D eigenvalue weighted by Crippen LogP contribution is 2.31. The highest BCUT2D eigenvalue weighted by atomic mass is 35.5. The maximum atomic E-state index is 9.07. The molecule has 21 heavy (non-hydrogen) atoms. The molecular formula is C14H13BCl2O4. The summed E-state index contributed by atoms with van der Waals surface area (Å²) in [4.78, 5) is 0. The summed E-state index contributed by atoms with van der Waals surface area (Å²) in [5.74, 6) is 1.02. The van der Waals surface area contributed by atoms with E-state index in [0.717, 1.165) is 0 Å². The van der Waals surface area contributed by atoms with Crippen LogP contribution < -0.4 is 14.9 Å². The van der Waals surface area contributed by atoms with Crippen LogP contribution in [0.15, 0.2) is 42.5 Å². The third-order valence-corrected chi connectivity index (χ3v) is 3.48. The van der Waals surface area contributed by atoms with Crippen LogP contribution in [0.2, 0.25) is 10.0 Å². The lowest BCUT2D eigenvalue weighted by Crippen LogP contribution is -2.29. The molecular weight excluding hydrogens is 314 g/mol. The van der Waals surface area contributed by atoms with Crippen molar-refractivity contribution in [2.45, 2.75) is 0 Å². The Bertz CT molecular complexity index is 607. The smallest absolute Gasteiger partial charge is 0.488 e. The van der Waals surface area contributed by atoms with E-state index in [0.29, 0.717) is 27.0 Å². The fourth-order valence-corrected chi connectivity index (χ4v) is 2.02. The van der Waals surface area contributed by atoms with Crippen LogP contribution in [0.4, 0.5) is 0 Å². The van der Waals surface area contributed by atoms with Gasteiger partial charge in [-0.1, -0.05) is 41.4 Å². The molecule has 7 heteroatoms. The van der Waals surface area contributed by atoms with E-state index in [9.17, 15) is 0 Å². The van der Waals surface area contributed by atoms with E-state index in [4.69, 9.17) is 42.7 Å². The molecule has 0 saturated carbocycles. The Labute approximate surface area is 133 Å². The van der Waals surface area contributed by atoms with Gasteiger partial charge in [0, 0.05) is 0 Å². The Morgan fingerprint density at radius 1 is 0.952 bits per heavy atom. The lowest BCUT2D eigenvalue weighted by Gasteiger charge is -2.10. The van der Waals surface area contributed by atoms with Crippen LogP contribution in [0.5, 0.6) is 11.5 Å². The van der Waals surface area contributed by atoms with E-state index < -0.39 is 7.12 Å². The second kappa shape index (κ2) is 7.57. The summed E-state index contributed by atoms with van der Waals surface area (Å²) < 4.78 is 10.9. The predicted octanol–water partition coefficient (Wildman–Crippen LogP) is 2.13. The van der Waals surface area contributed by atoms with Gasteiger partial charge in [-0.25, -0.2) is 0 Å².